The Labute approximate surface area is 124 Å². The number of aromatic nitrogens is 1. The third-order valence-electron chi connectivity index (χ3n) is 2.72. The largest absolute Gasteiger partial charge is 0.327 e. The van der Waals surface area contributed by atoms with E-state index in [4.69, 9.17) is 17.3 Å². The van der Waals surface area contributed by atoms with Crippen molar-refractivity contribution in [3.8, 4) is 11.3 Å². The Kier molecular flexibility index (Phi) is 4.78. The van der Waals surface area contributed by atoms with Gasteiger partial charge < -0.3 is 5.73 Å². The van der Waals surface area contributed by atoms with Crippen molar-refractivity contribution in [3.63, 3.8) is 0 Å². The predicted octanol–water partition coefficient (Wildman–Crippen LogP) is 4.51. The van der Waals surface area contributed by atoms with Crippen LogP contribution in [-0.4, -0.2) is 11.0 Å². The smallest absolute Gasteiger partial charge is 0.0948 e. The van der Waals surface area contributed by atoms with Crippen LogP contribution in [0.15, 0.2) is 28.1 Å². The summed E-state index contributed by atoms with van der Waals surface area (Å²) in [6, 6.07) is 6.01. The molecule has 0 spiro atoms. The van der Waals surface area contributed by atoms with Gasteiger partial charge in [0.05, 0.1) is 15.7 Å². The minimum Gasteiger partial charge on any atom is -0.327 e. The van der Waals surface area contributed by atoms with Crippen LogP contribution in [0.1, 0.15) is 18.4 Å². The molecule has 0 radical (unpaired) electrons. The molecule has 0 saturated heterocycles. The van der Waals surface area contributed by atoms with Crippen LogP contribution in [0, 0.1) is 0 Å². The summed E-state index contributed by atoms with van der Waals surface area (Å²) in [6.45, 7) is 2.09. The SMILES string of the molecule is CCC(N)Cc1nc(-c2ccc(Br)cc2Cl)cs1. The highest BCUT2D eigenvalue weighted by Crippen LogP contribution is 2.31. The van der Waals surface area contributed by atoms with Gasteiger partial charge in [0, 0.05) is 27.9 Å². The molecule has 1 aromatic heterocycles. The topological polar surface area (TPSA) is 38.9 Å². The highest BCUT2D eigenvalue weighted by molar-refractivity contribution is 9.10. The molecule has 2 nitrogen and oxygen atoms in total. The molecule has 0 aliphatic heterocycles. The van der Waals surface area contributed by atoms with Gasteiger partial charge in [-0.3, -0.25) is 0 Å². The zero-order valence-electron chi connectivity index (χ0n) is 9.99. The van der Waals surface area contributed by atoms with Gasteiger partial charge in [-0.25, -0.2) is 4.98 Å². The predicted molar refractivity (Wildman–Crippen MR) is 82.2 cm³/mol. The molecule has 2 rings (SSSR count). The van der Waals surface area contributed by atoms with Crippen molar-refractivity contribution in [2.24, 2.45) is 5.73 Å². The van der Waals surface area contributed by atoms with Crippen molar-refractivity contribution in [1.82, 2.24) is 4.98 Å². The quantitative estimate of drug-likeness (QED) is 0.885. The number of thiazole rings is 1. The van der Waals surface area contributed by atoms with Gasteiger partial charge in [-0.05, 0) is 18.6 Å². The maximum Gasteiger partial charge on any atom is 0.0948 e. The van der Waals surface area contributed by atoms with E-state index in [0.29, 0.717) is 5.02 Å². The summed E-state index contributed by atoms with van der Waals surface area (Å²) in [4.78, 5) is 4.60. The zero-order valence-corrected chi connectivity index (χ0v) is 13.1. The number of hydrogen-bond donors (Lipinski definition) is 1. The fraction of sp³-hybridized carbons (Fsp3) is 0.308. The van der Waals surface area contributed by atoms with Crippen LogP contribution < -0.4 is 5.73 Å². The second-order valence-corrected chi connectivity index (χ2v) is 6.39. The molecule has 5 heteroatoms. The number of nitrogens with zero attached hydrogens (tertiary/aromatic N) is 1. The minimum atomic E-state index is 0.185. The Bertz CT molecular complexity index is 542. The van der Waals surface area contributed by atoms with Gasteiger partial charge in [0.2, 0.25) is 0 Å². The first-order valence-corrected chi connectivity index (χ1v) is 7.80. The van der Waals surface area contributed by atoms with Crippen molar-refractivity contribution >= 4 is 38.9 Å². The van der Waals surface area contributed by atoms with E-state index in [9.17, 15) is 0 Å². The normalized spacial score (nSPS) is 12.7. The van der Waals surface area contributed by atoms with Gasteiger partial charge in [-0.2, -0.15) is 0 Å². The van der Waals surface area contributed by atoms with Gasteiger partial charge in [-0.15, -0.1) is 11.3 Å². The Morgan fingerprint density at radius 1 is 1.50 bits per heavy atom. The van der Waals surface area contributed by atoms with Gasteiger partial charge in [0.25, 0.3) is 0 Å². The van der Waals surface area contributed by atoms with Crippen molar-refractivity contribution < 1.29 is 0 Å². The molecule has 2 aromatic rings. The van der Waals surface area contributed by atoms with Crippen LogP contribution in [0.4, 0.5) is 0 Å². The van der Waals surface area contributed by atoms with E-state index < -0.39 is 0 Å². The average Bonchev–Trinajstić information content (AvgIpc) is 2.77. The van der Waals surface area contributed by atoms with Crippen LogP contribution in [0.2, 0.25) is 5.02 Å². The highest BCUT2D eigenvalue weighted by Gasteiger charge is 2.10. The van der Waals surface area contributed by atoms with Crippen LogP contribution in [0.25, 0.3) is 11.3 Å². The van der Waals surface area contributed by atoms with Gasteiger partial charge in [-0.1, -0.05) is 40.5 Å². The Morgan fingerprint density at radius 2 is 2.28 bits per heavy atom. The Hall–Kier alpha value is -0.420. The summed E-state index contributed by atoms with van der Waals surface area (Å²) in [5, 5.41) is 3.81. The first-order chi connectivity index (χ1) is 8.60. The lowest BCUT2D eigenvalue weighted by Gasteiger charge is -2.04. The number of rotatable bonds is 4. The first-order valence-electron chi connectivity index (χ1n) is 5.75. The van der Waals surface area contributed by atoms with E-state index in [0.717, 1.165) is 33.6 Å². The molecule has 1 heterocycles. The van der Waals surface area contributed by atoms with E-state index in [-0.39, 0.29) is 6.04 Å². The summed E-state index contributed by atoms with van der Waals surface area (Å²) >= 11 is 11.3. The van der Waals surface area contributed by atoms with Gasteiger partial charge >= 0.3 is 0 Å². The second-order valence-electron chi connectivity index (χ2n) is 4.12. The maximum atomic E-state index is 6.22. The van der Waals surface area contributed by atoms with E-state index in [1.807, 2.05) is 23.6 Å². The third-order valence-corrected chi connectivity index (χ3v) is 4.40. The monoisotopic (exact) mass is 344 g/mol. The molecular formula is C13H14BrClN2S. The van der Waals surface area contributed by atoms with Crippen molar-refractivity contribution in [1.29, 1.82) is 0 Å². The fourth-order valence-electron chi connectivity index (χ4n) is 1.59. The van der Waals surface area contributed by atoms with Crippen molar-refractivity contribution in [2.45, 2.75) is 25.8 Å². The molecule has 0 saturated carbocycles. The molecule has 18 heavy (non-hydrogen) atoms. The lowest BCUT2D eigenvalue weighted by molar-refractivity contribution is 0.644. The van der Waals surface area contributed by atoms with E-state index in [2.05, 4.69) is 27.8 Å². The lowest BCUT2D eigenvalue weighted by atomic mass is 10.1. The summed E-state index contributed by atoms with van der Waals surface area (Å²) in [5.41, 5.74) is 7.83. The fourth-order valence-corrected chi connectivity index (χ4v) is 3.25. The third kappa shape index (κ3) is 3.32. The maximum absolute atomic E-state index is 6.22. The summed E-state index contributed by atoms with van der Waals surface area (Å²) < 4.78 is 0.972. The average molecular weight is 346 g/mol. The number of hydrogen-bond acceptors (Lipinski definition) is 3. The number of halogens is 2. The summed E-state index contributed by atoms with van der Waals surface area (Å²) in [5.74, 6) is 0. The van der Waals surface area contributed by atoms with Crippen LogP contribution in [0.3, 0.4) is 0 Å². The molecule has 0 fully saturated rings. The molecule has 1 atom stereocenters. The summed E-state index contributed by atoms with van der Waals surface area (Å²) in [6.07, 6.45) is 1.79. The zero-order chi connectivity index (χ0) is 13.1. The van der Waals surface area contributed by atoms with Gasteiger partial charge in [0.1, 0.15) is 0 Å². The first kappa shape index (κ1) is 14.0. The second kappa shape index (κ2) is 6.15. The molecule has 1 aromatic carbocycles. The molecular weight excluding hydrogens is 332 g/mol. The van der Waals surface area contributed by atoms with E-state index >= 15 is 0 Å². The van der Waals surface area contributed by atoms with Crippen LogP contribution in [0.5, 0.6) is 0 Å². The van der Waals surface area contributed by atoms with Crippen LogP contribution >= 0.6 is 38.9 Å². The van der Waals surface area contributed by atoms with Crippen LogP contribution in [-0.2, 0) is 6.42 Å². The van der Waals surface area contributed by atoms with Crippen molar-refractivity contribution in [3.05, 3.63) is 38.1 Å². The molecule has 0 aliphatic rings. The lowest BCUT2D eigenvalue weighted by Crippen LogP contribution is -2.21. The van der Waals surface area contributed by atoms with Gasteiger partial charge in [0.15, 0.2) is 0 Å². The highest BCUT2D eigenvalue weighted by atomic mass is 79.9. The standard InChI is InChI=1S/C13H14BrClN2S/c1-2-9(16)6-13-17-12(7-18-13)10-4-3-8(14)5-11(10)15/h3-5,7,9H,2,6,16H2,1H3. The molecule has 0 amide bonds. The molecule has 0 aliphatic carbocycles. The number of nitrogens with two attached hydrogens (primary N) is 1. The molecule has 0 bridgehead atoms. The van der Waals surface area contributed by atoms with Crippen molar-refractivity contribution in [2.75, 3.05) is 0 Å². The summed E-state index contributed by atoms with van der Waals surface area (Å²) in [7, 11) is 0. The number of benzene rings is 1. The van der Waals surface area contributed by atoms with E-state index in [1.165, 1.54) is 0 Å². The molecule has 1 unspecified atom stereocenters. The Morgan fingerprint density at radius 3 is 2.94 bits per heavy atom. The van der Waals surface area contributed by atoms with E-state index in [1.54, 1.807) is 11.3 Å². The Balaban J connectivity index is 2.24. The molecule has 2 N–H and O–H groups in total. The molecule has 96 valence electrons. The minimum absolute atomic E-state index is 0.185.